The Kier molecular flexibility index (Phi) is 7.46. The Labute approximate surface area is 152 Å². The van der Waals surface area contributed by atoms with E-state index >= 15 is 0 Å². The summed E-state index contributed by atoms with van der Waals surface area (Å²) in [5.74, 6) is 0.662. The Hall–Kier alpha value is -2.35. The first-order chi connectivity index (χ1) is 12.1. The van der Waals surface area contributed by atoms with Crippen LogP contribution in [0.25, 0.3) is 0 Å². The largest absolute Gasteiger partial charge is 0.308 e. The molecule has 2 nitrogen and oxygen atoms in total. The molecule has 0 saturated heterocycles. The molecule has 2 heteroatoms. The van der Waals surface area contributed by atoms with Crippen LogP contribution in [0.15, 0.2) is 72.8 Å². The number of hydrogen-bond acceptors (Lipinski definition) is 1. The van der Waals surface area contributed by atoms with Crippen LogP contribution in [0.2, 0.25) is 0 Å². The van der Waals surface area contributed by atoms with Gasteiger partial charge in [0.25, 0.3) is 5.91 Å². The minimum Gasteiger partial charge on any atom is -0.308 e. The van der Waals surface area contributed by atoms with Crippen LogP contribution in [0.3, 0.4) is 0 Å². The molecule has 0 fully saturated rings. The minimum atomic E-state index is 0.0703. The lowest BCUT2D eigenvalue weighted by Crippen LogP contribution is -2.32. The maximum atomic E-state index is 13.0. The molecule has 0 radical (unpaired) electrons. The number of amides is 1. The van der Waals surface area contributed by atoms with Crippen molar-refractivity contribution in [3.63, 3.8) is 0 Å². The van der Waals surface area contributed by atoms with E-state index in [9.17, 15) is 4.79 Å². The smallest absolute Gasteiger partial charge is 0.258 e. The third kappa shape index (κ3) is 6.22. The molecule has 0 aromatic heterocycles. The van der Waals surface area contributed by atoms with Gasteiger partial charge in [0.15, 0.2) is 0 Å². The quantitative estimate of drug-likeness (QED) is 0.507. The summed E-state index contributed by atoms with van der Waals surface area (Å²) in [6, 6.07) is 19.5. The Bertz CT molecular complexity index is 663. The van der Waals surface area contributed by atoms with Gasteiger partial charge in [0.2, 0.25) is 0 Å². The lowest BCUT2D eigenvalue weighted by atomic mass is 9.98. The Morgan fingerprint density at radius 1 is 1.00 bits per heavy atom. The number of nitrogens with zero attached hydrogens (tertiary/aromatic N) is 1. The highest BCUT2D eigenvalue weighted by Crippen LogP contribution is 2.20. The highest BCUT2D eigenvalue weighted by Gasteiger charge is 2.18. The summed E-state index contributed by atoms with van der Waals surface area (Å²) in [5.41, 5.74) is 2.95. The van der Waals surface area contributed by atoms with Crippen molar-refractivity contribution in [3.05, 3.63) is 78.4 Å². The predicted molar refractivity (Wildman–Crippen MR) is 107 cm³/mol. The number of anilines is 1. The molecule has 132 valence electrons. The fourth-order valence-electron chi connectivity index (χ4n) is 2.94. The fourth-order valence-corrected chi connectivity index (χ4v) is 2.94. The molecule has 25 heavy (non-hydrogen) atoms. The third-order valence-corrected chi connectivity index (χ3v) is 4.48. The molecule has 0 aliphatic rings. The Morgan fingerprint density at radius 2 is 1.60 bits per heavy atom. The number of hydrogen-bond donors (Lipinski definition) is 0. The van der Waals surface area contributed by atoms with Crippen LogP contribution in [0, 0.1) is 5.92 Å². The molecule has 1 atom stereocenters. The van der Waals surface area contributed by atoms with E-state index in [0.717, 1.165) is 30.6 Å². The van der Waals surface area contributed by atoms with Crippen LogP contribution in [0.1, 0.15) is 49.9 Å². The van der Waals surface area contributed by atoms with Crippen LogP contribution in [-0.2, 0) is 0 Å². The molecule has 0 saturated carbocycles. The summed E-state index contributed by atoms with van der Waals surface area (Å²) in [6.07, 6.45) is 4.45. The molecular weight excluding hydrogens is 306 g/mol. The van der Waals surface area contributed by atoms with Gasteiger partial charge in [-0.25, -0.2) is 0 Å². The van der Waals surface area contributed by atoms with Crippen LogP contribution in [0.4, 0.5) is 5.69 Å². The topological polar surface area (TPSA) is 20.3 Å². The van der Waals surface area contributed by atoms with Crippen LogP contribution >= 0.6 is 0 Å². The van der Waals surface area contributed by atoms with E-state index in [1.807, 2.05) is 65.6 Å². The standard InChI is InChI=1S/C23H29NO/c1-19(2)11-10-12-20(3)17-18-24(22-15-8-5-9-16-22)23(25)21-13-6-4-7-14-21/h4-9,13-16,20H,1,10-12,17-18H2,2-3H3/t20-/m0/s1. The van der Waals surface area contributed by atoms with Crippen LogP contribution in [-0.4, -0.2) is 12.5 Å². The van der Waals surface area contributed by atoms with Crippen LogP contribution < -0.4 is 4.90 Å². The van der Waals surface area contributed by atoms with Crippen molar-refractivity contribution < 1.29 is 4.79 Å². The fraction of sp³-hybridized carbons (Fsp3) is 0.348. The summed E-state index contributed by atoms with van der Waals surface area (Å²) in [6.45, 7) is 9.07. The first-order valence-corrected chi connectivity index (χ1v) is 9.14. The molecule has 0 aliphatic heterocycles. The van der Waals surface area contributed by atoms with Crippen molar-refractivity contribution >= 4 is 11.6 Å². The monoisotopic (exact) mass is 335 g/mol. The maximum absolute atomic E-state index is 13.0. The van der Waals surface area contributed by atoms with Gasteiger partial charge in [-0.1, -0.05) is 55.3 Å². The number of allylic oxidation sites excluding steroid dienone is 1. The van der Waals surface area contributed by atoms with Gasteiger partial charge in [0.1, 0.15) is 0 Å². The van der Waals surface area contributed by atoms with E-state index in [1.165, 1.54) is 18.4 Å². The van der Waals surface area contributed by atoms with Gasteiger partial charge in [0.05, 0.1) is 0 Å². The van der Waals surface area contributed by atoms with E-state index in [0.29, 0.717) is 5.92 Å². The van der Waals surface area contributed by atoms with Crippen molar-refractivity contribution in [2.75, 3.05) is 11.4 Å². The second-order valence-electron chi connectivity index (χ2n) is 6.90. The molecule has 2 rings (SSSR count). The van der Waals surface area contributed by atoms with Gasteiger partial charge in [0, 0.05) is 17.8 Å². The summed E-state index contributed by atoms with van der Waals surface area (Å²) in [4.78, 5) is 14.9. The zero-order valence-electron chi connectivity index (χ0n) is 15.4. The molecule has 2 aromatic carbocycles. The number of para-hydroxylation sites is 1. The van der Waals surface area contributed by atoms with Gasteiger partial charge in [-0.15, -0.1) is 6.58 Å². The van der Waals surface area contributed by atoms with E-state index in [2.05, 4.69) is 20.4 Å². The third-order valence-electron chi connectivity index (χ3n) is 4.48. The van der Waals surface area contributed by atoms with E-state index in [4.69, 9.17) is 0 Å². The molecule has 1 amide bonds. The molecule has 0 bridgehead atoms. The van der Waals surface area contributed by atoms with Gasteiger partial charge in [-0.2, -0.15) is 0 Å². The maximum Gasteiger partial charge on any atom is 0.258 e. The second-order valence-corrected chi connectivity index (χ2v) is 6.90. The Morgan fingerprint density at radius 3 is 2.20 bits per heavy atom. The summed E-state index contributed by atoms with van der Waals surface area (Å²) >= 11 is 0. The van der Waals surface area contributed by atoms with Crippen molar-refractivity contribution in [2.24, 2.45) is 5.92 Å². The van der Waals surface area contributed by atoms with Crippen molar-refractivity contribution in [1.82, 2.24) is 0 Å². The van der Waals surface area contributed by atoms with Crippen molar-refractivity contribution in [2.45, 2.75) is 39.5 Å². The minimum absolute atomic E-state index is 0.0703. The van der Waals surface area contributed by atoms with E-state index < -0.39 is 0 Å². The lowest BCUT2D eigenvalue weighted by Gasteiger charge is -2.24. The highest BCUT2D eigenvalue weighted by atomic mass is 16.2. The molecule has 0 aliphatic carbocycles. The van der Waals surface area contributed by atoms with Crippen molar-refractivity contribution in [1.29, 1.82) is 0 Å². The zero-order chi connectivity index (χ0) is 18.1. The van der Waals surface area contributed by atoms with Gasteiger partial charge in [-0.05, 0) is 56.4 Å². The first-order valence-electron chi connectivity index (χ1n) is 9.14. The molecule has 0 spiro atoms. The molecule has 0 unspecified atom stereocenters. The number of rotatable bonds is 9. The van der Waals surface area contributed by atoms with Crippen molar-refractivity contribution in [3.8, 4) is 0 Å². The predicted octanol–water partition coefficient (Wildman–Crippen LogP) is 6.11. The first kappa shape index (κ1) is 19.0. The number of carbonyl (C=O) groups excluding carboxylic acids is 1. The van der Waals surface area contributed by atoms with Gasteiger partial charge >= 0.3 is 0 Å². The van der Waals surface area contributed by atoms with Gasteiger partial charge < -0.3 is 4.90 Å². The lowest BCUT2D eigenvalue weighted by molar-refractivity contribution is 0.0985. The molecule has 2 aromatic rings. The summed E-state index contributed by atoms with van der Waals surface area (Å²) in [7, 11) is 0. The Balaban J connectivity index is 2.03. The molecule has 0 N–H and O–H groups in total. The highest BCUT2D eigenvalue weighted by molar-refractivity contribution is 6.06. The van der Waals surface area contributed by atoms with E-state index in [-0.39, 0.29) is 5.91 Å². The van der Waals surface area contributed by atoms with Gasteiger partial charge in [-0.3, -0.25) is 4.79 Å². The van der Waals surface area contributed by atoms with Crippen LogP contribution in [0.5, 0.6) is 0 Å². The SMILES string of the molecule is C=C(C)CCC[C@H](C)CCN(C(=O)c1ccccc1)c1ccccc1. The average molecular weight is 335 g/mol. The number of carbonyl (C=O) groups is 1. The number of benzene rings is 2. The summed E-state index contributed by atoms with van der Waals surface area (Å²) in [5, 5.41) is 0. The molecular formula is C23H29NO. The second kappa shape index (κ2) is 9.83. The normalized spacial score (nSPS) is 11.8. The summed E-state index contributed by atoms with van der Waals surface area (Å²) < 4.78 is 0. The molecule has 0 heterocycles. The average Bonchev–Trinajstić information content (AvgIpc) is 2.63. The zero-order valence-corrected chi connectivity index (χ0v) is 15.4. The van der Waals surface area contributed by atoms with E-state index in [1.54, 1.807) is 0 Å².